The lowest BCUT2D eigenvalue weighted by molar-refractivity contribution is -0.151. The van der Waals surface area contributed by atoms with Crippen LogP contribution in [0.4, 0.5) is 0 Å². The van der Waals surface area contributed by atoms with E-state index in [9.17, 15) is 9.59 Å². The number of carbonyl (C=O) groups excluding carboxylic acids is 2. The highest BCUT2D eigenvalue weighted by atomic mass is 16.5. The summed E-state index contributed by atoms with van der Waals surface area (Å²) >= 11 is 0. The summed E-state index contributed by atoms with van der Waals surface area (Å²) in [5, 5.41) is 1.11. The predicted octanol–water partition coefficient (Wildman–Crippen LogP) is 4.72. The van der Waals surface area contributed by atoms with Crippen molar-refractivity contribution in [3.8, 4) is 0 Å². The number of aromatic nitrogens is 1. The molecule has 6 nitrogen and oxygen atoms in total. The second kappa shape index (κ2) is 9.48. The van der Waals surface area contributed by atoms with E-state index in [4.69, 9.17) is 9.15 Å². The van der Waals surface area contributed by atoms with Gasteiger partial charge in [-0.05, 0) is 55.9 Å². The van der Waals surface area contributed by atoms with Crippen LogP contribution in [0, 0.1) is 0 Å². The molecule has 0 unspecified atom stereocenters. The van der Waals surface area contributed by atoms with Crippen molar-refractivity contribution in [2.45, 2.75) is 45.1 Å². The molecule has 2 heterocycles. The first-order valence-electron chi connectivity index (χ1n) is 10.4. The van der Waals surface area contributed by atoms with E-state index in [1.807, 2.05) is 36.5 Å². The maximum atomic E-state index is 12.8. The van der Waals surface area contributed by atoms with Gasteiger partial charge in [-0.25, -0.2) is 0 Å². The van der Waals surface area contributed by atoms with Crippen molar-refractivity contribution in [2.24, 2.45) is 0 Å². The molecule has 30 heavy (non-hydrogen) atoms. The van der Waals surface area contributed by atoms with Crippen molar-refractivity contribution in [1.82, 2.24) is 9.88 Å². The average Bonchev–Trinajstić information content (AvgIpc) is 3.45. The number of nitrogens with zero attached hydrogens (tertiary/aromatic N) is 1. The van der Waals surface area contributed by atoms with Crippen LogP contribution in [-0.2, 0) is 27.3 Å². The van der Waals surface area contributed by atoms with Crippen molar-refractivity contribution in [3.63, 3.8) is 0 Å². The van der Waals surface area contributed by atoms with Crippen molar-refractivity contribution in [2.75, 3.05) is 6.61 Å². The van der Waals surface area contributed by atoms with Gasteiger partial charge in [0.25, 0.3) is 5.91 Å². The van der Waals surface area contributed by atoms with E-state index in [0.29, 0.717) is 18.7 Å². The Bertz CT molecular complexity index is 1030. The van der Waals surface area contributed by atoms with E-state index in [1.165, 1.54) is 0 Å². The zero-order chi connectivity index (χ0) is 20.8. The van der Waals surface area contributed by atoms with E-state index in [0.717, 1.165) is 47.8 Å². The van der Waals surface area contributed by atoms with Crippen LogP contribution < -0.4 is 0 Å². The van der Waals surface area contributed by atoms with Gasteiger partial charge in [-0.2, -0.15) is 0 Å². The van der Waals surface area contributed by atoms with E-state index < -0.39 is 0 Å². The standard InChI is InChI=1S/C24H26N2O4/c27-23(26(16-20-9-6-14-29-20)19-7-2-1-3-8-19)17-30-24(28)13-12-18-15-25-22-11-5-4-10-21(18)22/h4-7,9-11,14-15,25H,1-3,8,12-13,16-17H2. The van der Waals surface area contributed by atoms with Gasteiger partial charge in [-0.1, -0.05) is 24.3 Å². The summed E-state index contributed by atoms with van der Waals surface area (Å²) in [5.74, 6) is 0.115. The number of hydrogen-bond acceptors (Lipinski definition) is 4. The van der Waals surface area contributed by atoms with Crippen LogP contribution in [0.15, 0.2) is 65.0 Å². The van der Waals surface area contributed by atoms with Crippen LogP contribution in [0.3, 0.4) is 0 Å². The largest absolute Gasteiger partial charge is 0.467 e. The molecule has 1 aromatic carbocycles. The molecule has 0 atom stereocenters. The first-order chi connectivity index (χ1) is 14.7. The number of esters is 1. The van der Waals surface area contributed by atoms with Crippen LogP contribution in [0.1, 0.15) is 43.4 Å². The normalized spacial score (nSPS) is 13.8. The molecule has 0 saturated carbocycles. The maximum Gasteiger partial charge on any atom is 0.306 e. The van der Waals surface area contributed by atoms with Gasteiger partial charge in [0, 0.05) is 29.2 Å². The fourth-order valence-corrected chi connectivity index (χ4v) is 3.84. The van der Waals surface area contributed by atoms with Crippen LogP contribution in [0.5, 0.6) is 0 Å². The van der Waals surface area contributed by atoms with Gasteiger partial charge < -0.3 is 19.0 Å². The minimum absolute atomic E-state index is 0.222. The van der Waals surface area contributed by atoms with Crippen molar-refractivity contribution in [3.05, 3.63) is 72.0 Å². The van der Waals surface area contributed by atoms with Crippen molar-refractivity contribution < 1.29 is 18.7 Å². The third kappa shape index (κ3) is 4.82. The molecule has 2 aromatic heterocycles. The molecule has 0 spiro atoms. The third-order valence-corrected chi connectivity index (χ3v) is 5.44. The number of fused-ring (bicyclic) bond motifs is 1. The van der Waals surface area contributed by atoms with Crippen molar-refractivity contribution >= 4 is 22.8 Å². The van der Waals surface area contributed by atoms with E-state index in [1.54, 1.807) is 17.2 Å². The molecule has 4 rings (SSSR count). The van der Waals surface area contributed by atoms with Crippen molar-refractivity contribution in [1.29, 1.82) is 0 Å². The Morgan fingerprint density at radius 1 is 1.13 bits per heavy atom. The van der Waals surface area contributed by atoms with Gasteiger partial charge in [-0.3, -0.25) is 9.59 Å². The Morgan fingerprint density at radius 3 is 2.83 bits per heavy atom. The average molecular weight is 406 g/mol. The van der Waals surface area contributed by atoms with Crippen LogP contribution in [-0.4, -0.2) is 28.4 Å². The summed E-state index contributed by atoms with van der Waals surface area (Å²) in [7, 11) is 0. The highest BCUT2D eigenvalue weighted by Gasteiger charge is 2.22. The molecule has 0 radical (unpaired) electrons. The topological polar surface area (TPSA) is 75.5 Å². The summed E-state index contributed by atoms with van der Waals surface area (Å²) < 4.78 is 10.7. The molecular weight excluding hydrogens is 380 g/mol. The number of nitrogens with one attached hydrogen (secondary N) is 1. The SMILES string of the molecule is O=C(CCc1c[nH]c2ccccc12)OCC(=O)N(Cc1ccco1)C1=CCCCC1. The first-order valence-corrected chi connectivity index (χ1v) is 10.4. The minimum Gasteiger partial charge on any atom is -0.467 e. The van der Waals surface area contributed by atoms with Crippen LogP contribution in [0.25, 0.3) is 10.9 Å². The zero-order valence-electron chi connectivity index (χ0n) is 16.9. The quantitative estimate of drug-likeness (QED) is 0.549. The Labute approximate surface area is 175 Å². The molecule has 1 N–H and O–H groups in total. The Kier molecular flexibility index (Phi) is 6.32. The summed E-state index contributed by atoms with van der Waals surface area (Å²) in [6, 6.07) is 11.6. The first kappa shape index (κ1) is 20.0. The number of rotatable bonds is 8. The van der Waals surface area contributed by atoms with E-state index in [2.05, 4.69) is 11.1 Å². The fraction of sp³-hybridized carbons (Fsp3) is 0.333. The smallest absolute Gasteiger partial charge is 0.306 e. The predicted molar refractivity (Wildman–Crippen MR) is 113 cm³/mol. The molecule has 6 heteroatoms. The second-order valence-corrected chi connectivity index (χ2v) is 7.52. The number of benzene rings is 1. The lowest BCUT2D eigenvalue weighted by Gasteiger charge is -2.26. The minimum atomic E-state index is -0.371. The number of amides is 1. The molecule has 3 aromatic rings. The zero-order valence-corrected chi connectivity index (χ0v) is 16.9. The number of hydrogen-bond donors (Lipinski definition) is 1. The molecule has 1 aliphatic carbocycles. The number of allylic oxidation sites excluding steroid dienone is 2. The summed E-state index contributed by atoms with van der Waals surface area (Å²) in [6.07, 6.45) is 10.4. The van der Waals surface area contributed by atoms with Gasteiger partial charge in [0.2, 0.25) is 0 Å². The van der Waals surface area contributed by atoms with Gasteiger partial charge in [-0.15, -0.1) is 0 Å². The van der Waals surface area contributed by atoms with Gasteiger partial charge >= 0.3 is 5.97 Å². The fourth-order valence-electron chi connectivity index (χ4n) is 3.84. The number of ether oxygens (including phenoxy) is 1. The molecule has 1 amide bonds. The molecule has 0 bridgehead atoms. The lowest BCUT2D eigenvalue weighted by atomic mass is 10.0. The summed E-state index contributed by atoms with van der Waals surface area (Å²) in [5.41, 5.74) is 3.10. The summed E-state index contributed by atoms with van der Waals surface area (Å²) in [6.45, 7) is 0.0926. The second-order valence-electron chi connectivity index (χ2n) is 7.52. The third-order valence-electron chi connectivity index (χ3n) is 5.44. The number of aromatic amines is 1. The highest BCUT2D eigenvalue weighted by Crippen LogP contribution is 2.23. The number of carbonyl (C=O) groups is 2. The Balaban J connectivity index is 1.33. The highest BCUT2D eigenvalue weighted by molar-refractivity contribution is 5.84. The molecule has 156 valence electrons. The summed E-state index contributed by atoms with van der Waals surface area (Å²) in [4.78, 5) is 30.0. The number of H-pyrrole nitrogens is 1. The molecule has 1 aliphatic rings. The number of para-hydroxylation sites is 1. The number of aryl methyl sites for hydroxylation is 1. The van der Waals surface area contributed by atoms with Gasteiger partial charge in [0.1, 0.15) is 5.76 Å². The van der Waals surface area contributed by atoms with Crippen LogP contribution >= 0.6 is 0 Å². The molecule has 0 fully saturated rings. The molecule has 0 aliphatic heterocycles. The number of furan rings is 1. The Morgan fingerprint density at radius 2 is 2.03 bits per heavy atom. The lowest BCUT2D eigenvalue weighted by Crippen LogP contribution is -2.34. The monoisotopic (exact) mass is 406 g/mol. The van der Waals surface area contributed by atoms with E-state index in [-0.39, 0.29) is 24.9 Å². The van der Waals surface area contributed by atoms with Gasteiger partial charge in [0.05, 0.1) is 12.8 Å². The maximum absolute atomic E-state index is 12.8. The van der Waals surface area contributed by atoms with E-state index >= 15 is 0 Å². The molecule has 0 saturated heterocycles. The van der Waals surface area contributed by atoms with Gasteiger partial charge in [0.15, 0.2) is 6.61 Å². The molecular formula is C24H26N2O4. The van der Waals surface area contributed by atoms with Crippen LogP contribution in [0.2, 0.25) is 0 Å². The Hall–Kier alpha value is -3.28.